The first-order chi connectivity index (χ1) is 11.0. The van der Waals surface area contributed by atoms with Crippen molar-refractivity contribution in [1.29, 1.82) is 0 Å². The molecule has 0 aliphatic heterocycles. The minimum absolute atomic E-state index is 0.118. The lowest BCUT2D eigenvalue weighted by Crippen LogP contribution is -2.28. The van der Waals surface area contributed by atoms with Gasteiger partial charge in [0.1, 0.15) is 0 Å². The van der Waals surface area contributed by atoms with Crippen molar-refractivity contribution in [2.45, 2.75) is 24.3 Å². The monoisotopic (exact) mass is 333 g/mol. The number of carbonyl (C=O) groups is 1. The summed E-state index contributed by atoms with van der Waals surface area (Å²) in [6.07, 6.45) is 3.88. The molecule has 0 fully saturated rings. The molecule has 1 amide bonds. The van der Waals surface area contributed by atoms with Gasteiger partial charge in [-0.05, 0) is 42.3 Å². The average molecular weight is 333 g/mol. The molecule has 1 atom stereocenters. The number of hydrogen-bond donors (Lipinski definition) is 2. The zero-order valence-corrected chi connectivity index (χ0v) is 13.8. The number of carbonyl (C=O) groups excluding carboxylic acids is 1. The molecule has 1 heterocycles. The Bertz CT molecular complexity index is 759. The maximum atomic E-state index is 12.5. The van der Waals surface area contributed by atoms with E-state index in [1.165, 1.54) is 31.3 Å². The maximum absolute atomic E-state index is 12.5. The third-order valence-corrected chi connectivity index (χ3v) is 4.93. The van der Waals surface area contributed by atoms with E-state index in [-0.39, 0.29) is 16.8 Å². The van der Waals surface area contributed by atoms with Crippen molar-refractivity contribution in [3.8, 4) is 0 Å². The summed E-state index contributed by atoms with van der Waals surface area (Å²) in [5.41, 5.74) is 1.21. The maximum Gasteiger partial charge on any atom is 0.251 e. The number of amides is 1. The predicted octanol–water partition coefficient (Wildman–Crippen LogP) is 1.87. The number of benzene rings is 1. The molecular formula is C16H19N3O3S. The minimum atomic E-state index is -3.68. The molecule has 0 saturated carbocycles. The van der Waals surface area contributed by atoms with E-state index in [4.69, 9.17) is 0 Å². The molecule has 1 aromatic heterocycles. The van der Waals surface area contributed by atoms with Crippen LogP contribution in [0.3, 0.4) is 0 Å². The molecule has 1 unspecified atom stereocenters. The lowest BCUT2D eigenvalue weighted by atomic mass is 10.1. The Morgan fingerprint density at radius 2 is 1.91 bits per heavy atom. The van der Waals surface area contributed by atoms with E-state index < -0.39 is 10.0 Å². The molecule has 0 spiro atoms. The van der Waals surface area contributed by atoms with Crippen molar-refractivity contribution in [1.82, 2.24) is 15.0 Å². The Labute approximate surface area is 136 Å². The van der Waals surface area contributed by atoms with Crippen LogP contribution in [-0.2, 0) is 10.0 Å². The molecule has 0 radical (unpaired) electrons. The molecule has 6 nitrogen and oxygen atoms in total. The first kappa shape index (κ1) is 17.1. The summed E-state index contributed by atoms with van der Waals surface area (Å²) < 4.78 is 27.7. The second kappa shape index (κ2) is 7.34. The van der Waals surface area contributed by atoms with E-state index in [1.54, 1.807) is 18.5 Å². The number of aromatic nitrogens is 1. The van der Waals surface area contributed by atoms with Crippen molar-refractivity contribution in [3.63, 3.8) is 0 Å². The van der Waals surface area contributed by atoms with Crippen LogP contribution in [0, 0.1) is 0 Å². The summed E-state index contributed by atoms with van der Waals surface area (Å²) in [6.45, 7) is 1.90. The minimum Gasteiger partial charge on any atom is -0.355 e. The Balaban J connectivity index is 2.22. The van der Waals surface area contributed by atoms with Crippen LogP contribution < -0.4 is 10.0 Å². The van der Waals surface area contributed by atoms with Crippen LogP contribution in [0.15, 0.2) is 53.7 Å². The summed E-state index contributed by atoms with van der Waals surface area (Å²) in [5, 5.41) is 2.49. The fraction of sp³-hybridized carbons (Fsp3) is 0.250. The van der Waals surface area contributed by atoms with Crippen LogP contribution in [0.2, 0.25) is 0 Å². The number of rotatable bonds is 6. The number of hydrogen-bond acceptors (Lipinski definition) is 4. The highest BCUT2D eigenvalue weighted by molar-refractivity contribution is 7.89. The van der Waals surface area contributed by atoms with Crippen molar-refractivity contribution in [2.75, 3.05) is 7.05 Å². The topological polar surface area (TPSA) is 88.2 Å². The van der Waals surface area contributed by atoms with E-state index in [0.717, 1.165) is 5.56 Å². The number of nitrogens with one attached hydrogen (secondary N) is 2. The highest BCUT2D eigenvalue weighted by Gasteiger charge is 2.20. The van der Waals surface area contributed by atoms with Crippen LogP contribution in [0.5, 0.6) is 0 Å². The first-order valence-corrected chi connectivity index (χ1v) is 8.70. The second-order valence-electron chi connectivity index (χ2n) is 4.97. The lowest BCUT2D eigenvalue weighted by molar-refractivity contribution is 0.0963. The summed E-state index contributed by atoms with van der Waals surface area (Å²) in [6, 6.07) is 9.05. The van der Waals surface area contributed by atoms with Gasteiger partial charge >= 0.3 is 0 Å². The lowest BCUT2D eigenvalue weighted by Gasteiger charge is -2.17. The van der Waals surface area contributed by atoms with Crippen molar-refractivity contribution < 1.29 is 13.2 Å². The van der Waals surface area contributed by atoms with Crippen LogP contribution in [0.4, 0.5) is 0 Å². The molecule has 2 rings (SSSR count). The molecule has 23 heavy (non-hydrogen) atoms. The second-order valence-corrected chi connectivity index (χ2v) is 6.69. The largest absolute Gasteiger partial charge is 0.355 e. The molecule has 0 bridgehead atoms. The van der Waals surface area contributed by atoms with Gasteiger partial charge in [-0.25, -0.2) is 13.1 Å². The Hall–Kier alpha value is -2.25. The molecule has 0 saturated heterocycles. The molecule has 2 N–H and O–H groups in total. The predicted molar refractivity (Wildman–Crippen MR) is 87.4 cm³/mol. The first-order valence-electron chi connectivity index (χ1n) is 7.22. The van der Waals surface area contributed by atoms with E-state index in [1.807, 2.05) is 13.0 Å². The van der Waals surface area contributed by atoms with E-state index in [0.29, 0.717) is 12.0 Å². The van der Waals surface area contributed by atoms with E-state index >= 15 is 0 Å². The smallest absolute Gasteiger partial charge is 0.251 e. The molecule has 2 aromatic rings. The SMILES string of the molecule is CCC(NS(=O)(=O)c1ccc(C(=O)NC)cc1)c1cccnc1. The van der Waals surface area contributed by atoms with Gasteiger partial charge < -0.3 is 5.32 Å². The average Bonchev–Trinajstić information content (AvgIpc) is 2.60. The van der Waals surface area contributed by atoms with Gasteiger partial charge in [-0.2, -0.15) is 0 Å². The third-order valence-electron chi connectivity index (χ3n) is 3.45. The fourth-order valence-electron chi connectivity index (χ4n) is 2.15. The number of sulfonamides is 1. The van der Waals surface area contributed by atoms with E-state index in [2.05, 4.69) is 15.0 Å². The van der Waals surface area contributed by atoms with Gasteiger partial charge in [0.25, 0.3) is 5.91 Å². The van der Waals surface area contributed by atoms with Gasteiger partial charge in [-0.15, -0.1) is 0 Å². The van der Waals surface area contributed by atoms with Gasteiger partial charge in [-0.3, -0.25) is 9.78 Å². The standard InChI is InChI=1S/C16H19N3O3S/c1-3-15(13-5-4-10-18-11-13)19-23(21,22)14-8-6-12(7-9-14)16(20)17-2/h4-11,15,19H,3H2,1-2H3,(H,17,20). The summed E-state index contributed by atoms with van der Waals surface area (Å²) in [7, 11) is -2.16. The van der Waals surface area contributed by atoms with Crippen LogP contribution in [0.1, 0.15) is 35.3 Å². The number of pyridine rings is 1. The zero-order chi connectivity index (χ0) is 16.9. The quantitative estimate of drug-likeness (QED) is 0.845. The Morgan fingerprint density at radius 1 is 1.22 bits per heavy atom. The van der Waals surface area contributed by atoms with Gasteiger partial charge in [0.05, 0.1) is 4.90 Å². The zero-order valence-electron chi connectivity index (χ0n) is 13.0. The third kappa shape index (κ3) is 4.14. The fourth-order valence-corrected chi connectivity index (χ4v) is 3.46. The van der Waals surface area contributed by atoms with Crippen molar-refractivity contribution in [3.05, 3.63) is 59.9 Å². The van der Waals surface area contributed by atoms with Gasteiger partial charge in [-0.1, -0.05) is 13.0 Å². The van der Waals surface area contributed by atoms with Crippen LogP contribution >= 0.6 is 0 Å². The molecule has 1 aromatic carbocycles. The number of nitrogens with zero attached hydrogens (tertiary/aromatic N) is 1. The Kier molecular flexibility index (Phi) is 5.46. The molecular weight excluding hydrogens is 314 g/mol. The van der Waals surface area contributed by atoms with Gasteiger partial charge in [0.15, 0.2) is 0 Å². The molecule has 122 valence electrons. The molecule has 7 heteroatoms. The summed E-state index contributed by atoms with van der Waals surface area (Å²) in [4.78, 5) is 15.6. The summed E-state index contributed by atoms with van der Waals surface area (Å²) >= 11 is 0. The Morgan fingerprint density at radius 3 is 2.43 bits per heavy atom. The van der Waals surface area contributed by atoms with E-state index in [9.17, 15) is 13.2 Å². The van der Waals surface area contributed by atoms with Gasteiger partial charge in [0, 0.05) is 31.0 Å². The molecule has 0 aliphatic carbocycles. The summed E-state index contributed by atoms with van der Waals surface area (Å²) in [5.74, 6) is -0.260. The molecule has 0 aliphatic rings. The highest BCUT2D eigenvalue weighted by atomic mass is 32.2. The van der Waals surface area contributed by atoms with Crippen molar-refractivity contribution in [2.24, 2.45) is 0 Å². The van der Waals surface area contributed by atoms with Crippen LogP contribution in [-0.4, -0.2) is 26.4 Å². The van der Waals surface area contributed by atoms with Crippen molar-refractivity contribution >= 4 is 15.9 Å². The normalized spacial score (nSPS) is 12.6. The van der Waals surface area contributed by atoms with Crippen LogP contribution in [0.25, 0.3) is 0 Å². The van der Waals surface area contributed by atoms with Gasteiger partial charge in [0.2, 0.25) is 10.0 Å². The highest BCUT2D eigenvalue weighted by Crippen LogP contribution is 2.19.